The molecule has 2 saturated heterocycles. The maximum absolute atomic E-state index is 11.9. The number of carbonyl (C=O) groups excluding carboxylic acids is 3. The zero-order valence-corrected chi connectivity index (χ0v) is 10.7. The number of cyclic esters (lactones) is 1. The summed E-state index contributed by atoms with van der Waals surface area (Å²) in [4.78, 5) is 36.3. The van der Waals surface area contributed by atoms with E-state index in [1.807, 2.05) is 30.3 Å². The van der Waals surface area contributed by atoms with Crippen LogP contribution in [0.25, 0.3) is 0 Å². The Hall–Kier alpha value is -2.37. The van der Waals surface area contributed by atoms with Gasteiger partial charge in [-0.2, -0.15) is 0 Å². The number of ether oxygens (including phenoxy) is 1. The first-order valence-corrected chi connectivity index (χ1v) is 6.51. The van der Waals surface area contributed by atoms with E-state index in [-0.39, 0.29) is 18.4 Å². The first kappa shape index (κ1) is 12.7. The molecule has 2 heterocycles. The van der Waals surface area contributed by atoms with E-state index in [4.69, 9.17) is 4.74 Å². The summed E-state index contributed by atoms with van der Waals surface area (Å²) in [5, 5.41) is 2.25. The number of nitrogens with one attached hydrogen (secondary N) is 1. The Morgan fingerprint density at radius 2 is 1.90 bits per heavy atom. The monoisotopic (exact) mass is 274 g/mol. The minimum absolute atomic E-state index is 0.246. The van der Waals surface area contributed by atoms with Crippen LogP contribution >= 0.6 is 0 Å². The predicted octanol–water partition coefficient (Wildman–Crippen LogP) is 0.985. The molecule has 0 radical (unpaired) electrons. The maximum atomic E-state index is 11.9. The third kappa shape index (κ3) is 2.24. The SMILES string of the molecule is O=C1CCC(N2C[C@@H](c3ccccc3)OC2=O)C(=O)N1. The Bertz CT molecular complexity index is 558. The van der Waals surface area contributed by atoms with Crippen molar-refractivity contribution in [2.24, 2.45) is 0 Å². The molecule has 20 heavy (non-hydrogen) atoms. The van der Waals surface area contributed by atoms with Gasteiger partial charge in [0.25, 0.3) is 0 Å². The molecule has 6 heteroatoms. The number of hydrogen-bond acceptors (Lipinski definition) is 4. The standard InChI is InChI=1S/C14H14N2O4/c17-12-7-6-10(13(18)15-12)16-8-11(20-14(16)19)9-4-2-1-3-5-9/h1-5,10-11H,6-8H2,(H,15,17,18)/t10?,11-/m0/s1. The van der Waals surface area contributed by atoms with Gasteiger partial charge in [0.05, 0.1) is 6.54 Å². The lowest BCUT2D eigenvalue weighted by Gasteiger charge is -2.27. The van der Waals surface area contributed by atoms with Crippen molar-refractivity contribution < 1.29 is 19.1 Å². The Balaban J connectivity index is 1.74. The minimum Gasteiger partial charge on any atom is -0.439 e. The van der Waals surface area contributed by atoms with Crippen molar-refractivity contribution in [1.82, 2.24) is 10.2 Å². The second kappa shape index (κ2) is 4.96. The average Bonchev–Trinajstić information content (AvgIpc) is 2.82. The van der Waals surface area contributed by atoms with Crippen molar-refractivity contribution in [3.05, 3.63) is 35.9 Å². The van der Waals surface area contributed by atoms with Gasteiger partial charge in [-0.15, -0.1) is 0 Å². The Morgan fingerprint density at radius 3 is 2.60 bits per heavy atom. The van der Waals surface area contributed by atoms with E-state index in [9.17, 15) is 14.4 Å². The van der Waals surface area contributed by atoms with Crippen LogP contribution in [0.4, 0.5) is 4.79 Å². The highest BCUT2D eigenvalue weighted by molar-refractivity contribution is 6.01. The minimum atomic E-state index is -0.617. The van der Waals surface area contributed by atoms with E-state index in [1.165, 1.54) is 4.90 Å². The molecule has 1 aromatic rings. The van der Waals surface area contributed by atoms with Gasteiger partial charge in [0.2, 0.25) is 11.8 Å². The topological polar surface area (TPSA) is 75.7 Å². The predicted molar refractivity (Wildman–Crippen MR) is 68.5 cm³/mol. The molecule has 2 fully saturated rings. The molecule has 1 N–H and O–H groups in total. The van der Waals surface area contributed by atoms with Gasteiger partial charge in [0.1, 0.15) is 12.1 Å². The number of hydrogen-bond donors (Lipinski definition) is 1. The maximum Gasteiger partial charge on any atom is 0.411 e. The molecule has 0 spiro atoms. The van der Waals surface area contributed by atoms with Crippen LogP contribution in [0.15, 0.2) is 30.3 Å². The molecule has 0 saturated carbocycles. The summed E-state index contributed by atoms with van der Waals surface area (Å²) in [6.45, 7) is 0.328. The highest BCUT2D eigenvalue weighted by Gasteiger charge is 2.41. The molecule has 3 rings (SSSR count). The van der Waals surface area contributed by atoms with Crippen LogP contribution in [-0.2, 0) is 14.3 Å². The zero-order valence-electron chi connectivity index (χ0n) is 10.7. The van der Waals surface area contributed by atoms with E-state index < -0.39 is 18.0 Å². The normalized spacial score (nSPS) is 26.4. The van der Waals surface area contributed by atoms with Gasteiger partial charge in [-0.3, -0.25) is 19.8 Å². The smallest absolute Gasteiger partial charge is 0.411 e. The third-order valence-corrected chi connectivity index (χ3v) is 3.60. The highest BCUT2D eigenvalue weighted by atomic mass is 16.6. The number of amides is 3. The molecule has 6 nitrogen and oxygen atoms in total. The number of imide groups is 1. The molecule has 1 unspecified atom stereocenters. The summed E-state index contributed by atoms with van der Waals surface area (Å²) in [5.74, 6) is -0.717. The van der Waals surface area contributed by atoms with Crippen molar-refractivity contribution in [3.63, 3.8) is 0 Å². The van der Waals surface area contributed by atoms with Crippen LogP contribution in [0.2, 0.25) is 0 Å². The van der Waals surface area contributed by atoms with Crippen LogP contribution in [0, 0.1) is 0 Å². The van der Waals surface area contributed by atoms with E-state index in [0.29, 0.717) is 13.0 Å². The summed E-state index contributed by atoms with van der Waals surface area (Å²) in [7, 11) is 0. The summed E-state index contributed by atoms with van der Waals surface area (Å²) >= 11 is 0. The fourth-order valence-electron chi connectivity index (χ4n) is 2.55. The summed E-state index contributed by atoms with van der Waals surface area (Å²) in [5.41, 5.74) is 0.899. The van der Waals surface area contributed by atoms with Gasteiger partial charge >= 0.3 is 6.09 Å². The zero-order chi connectivity index (χ0) is 14.1. The lowest BCUT2D eigenvalue weighted by atomic mass is 10.0. The molecule has 104 valence electrons. The van der Waals surface area contributed by atoms with Crippen molar-refractivity contribution in [3.8, 4) is 0 Å². The molecule has 1 aromatic carbocycles. The van der Waals surface area contributed by atoms with Gasteiger partial charge in [-0.1, -0.05) is 30.3 Å². The lowest BCUT2D eigenvalue weighted by molar-refractivity contribution is -0.136. The van der Waals surface area contributed by atoms with E-state index in [0.717, 1.165) is 5.56 Å². The number of carbonyl (C=O) groups is 3. The van der Waals surface area contributed by atoms with Crippen LogP contribution in [-0.4, -0.2) is 35.4 Å². The molecule has 3 amide bonds. The molecular weight excluding hydrogens is 260 g/mol. The molecular formula is C14H14N2O4. The Labute approximate surface area is 115 Å². The second-order valence-electron chi connectivity index (χ2n) is 4.90. The lowest BCUT2D eigenvalue weighted by Crippen LogP contribution is -2.52. The van der Waals surface area contributed by atoms with Crippen LogP contribution in [0.1, 0.15) is 24.5 Å². The molecule has 2 aliphatic rings. The van der Waals surface area contributed by atoms with Crippen molar-refractivity contribution >= 4 is 17.9 Å². The Morgan fingerprint density at radius 1 is 1.15 bits per heavy atom. The van der Waals surface area contributed by atoms with Crippen LogP contribution in [0.3, 0.4) is 0 Å². The highest BCUT2D eigenvalue weighted by Crippen LogP contribution is 2.29. The van der Waals surface area contributed by atoms with Gasteiger partial charge in [0.15, 0.2) is 0 Å². The third-order valence-electron chi connectivity index (χ3n) is 3.60. The van der Waals surface area contributed by atoms with Gasteiger partial charge < -0.3 is 4.74 Å². The fraction of sp³-hybridized carbons (Fsp3) is 0.357. The van der Waals surface area contributed by atoms with E-state index >= 15 is 0 Å². The molecule has 0 aromatic heterocycles. The van der Waals surface area contributed by atoms with E-state index in [2.05, 4.69) is 5.32 Å². The van der Waals surface area contributed by atoms with Gasteiger partial charge in [-0.05, 0) is 12.0 Å². The fourth-order valence-corrected chi connectivity index (χ4v) is 2.55. The second-order valence-corrected chi connectivity index (χ2v) is 4.90. The van der Waals surface area contributed by atoms with Crippen molar-refractivity contribution in [1.29, 1.82) is 0 Å². The summed E-state index contributed by atoms with van der Waals surface area (Å²) < 4.78 is 5.31. The largest absolute Gasteiger partial charge is 0.439 e. The van der Waals surface area contributed by atoms with E-state index in [1.54, 1.807) is 0 Å². The summed E-state index contributed by atoms with van der Waals surface area (Å²) in [6, 6.07) is 8.78. The number of nitrogens with zero attached hydrogens (tertiary/aromatic N) is 1. The quantitative estimate of drug-likeness (QED) is 0.816. The van der Waals surface area contributed by atoms with Crippen molar-refractivity contribution in [2.45, 2.75) is 25.0 Å². The molecule has 0 aliphatic carbocycles. The average molecular weight is 274 g/mol. The van der Waals surface area contributed by atoms with Gasteiger partial charge in [0, 0.05) is 6.42 Å². The number of benzene rings is 1. The van der Waals surface area contributed by atoms with Crippen LogP contribution < -0.4 is 5.32 Å². The number of piperidine rings is 1. The first-order valence-electron chi connectivity index (χ1n) is 6.51. The van der Waals surface area contributed by atoms with Gasteiger partial charge in [-0.25, -0.2) is 4.79 Å². The Kier molecular flexibility index (Phi) is 3.14. The van der Waals surface area contributed by atoms with Crippen molar-refractivity contribution in [2.75, 3.05) is 6.54 Å². The molecule has 2 aliphatic heterocycles. The summed E-state index contributed by atoms with van der Waals surface area (Å²) in [6.07, 6.45) is -0.278. The number of rotatable bonds is 2. The van der Waals surface area contributed by atoms with Crippen LogP contribution in [0.5, 0.6) is 0 Å². The first-order chi connectivity index (χ1) is 9.65. The molecule has 2 atom stereocenters. The molecule has 0 bridgehead atoms.